The number of nitrogens with zero attached hydrogens (tertiary/aromatic N) is 2. The van der Waals surface area contributed by atoms with Crippen LogP contribution in [0.25, 0.3) is 0 Å². The van der Waals surface area contributed by atoms with Crippen molar-refractivity contribution in [3.63, 3.8) is 0 Å². The maximum absolute atomic E-state index is 14.3. The summed E-state index contributed by atoms with van der Waals surface area (Å²) in [6, 6.07) is 6.60. The van der Waals surface area contributed by atoms with Gasteiger partial charge in [-0.15, -0.1) is 0 Å². The number of carbonyl (C=O) groups excluding carboxylic acids is 1. The number of nitrogens with one attached hydrogen (secondary N) is 1. The summed E-state index contributed by atoms with van der Waals surface area (Å²) in [6.45, 7) is 0.201. The second-order valence-electron chi connectivity index (χ2n) is 8.50. The smallest absolute Gasteiger partial charge is 0.264 e. The Labute approximate surface area is 195 Å². The molecule has 1 heterocycles. The van der Waals surface area contributed by atoms with Gasteiger partial charge < -0.3 is 9.30 Å². The van der Waals surface area contributed by atoms with E-state index >= 15 is 0 Å². The third-order valence-corrected chi connectivity index (χ3v) is 8.18. The van der Waals surface area contributed by atoms with Gasteiger partial charge in [-0.05, 0) is 42.7 Å². The van der Waals surface area contributed by atoms with Gasteiger partial charge in [-0.2, -0.15) is 0 Å². The quantitative estimate of drug-likeness (QED) is 0.562. The lowest BCUT2D eigenvalue weighted by molar-refractivity contribution is -0.125. The first-order valence-corrected chi connectivity index (χ1v) is 12.3. The molecule has 0 unspecified atom stereocenters. The Morgan fingerprint density at radius 2 is 2.06 bits per heavy atom. The molecule has 1 spiro atoms. The molecule has 10 heteroatoms. The van der Waals surface area contributed by atoms with Gasteiger partial charge in [0, 0.05) is 30.1 Å². The molecule has 0 saturated heterocycles. The van der Waals surface area contributed by atoms with Gasteiger partial charge in [0.2, 0.25) is 0 Å². The molecule has 172 valence electrons. The average Bonchev–Trinajstić information content (AvgIpc) is 3.25. The van der Waals surface area contributed by atoms with Crippen molar-refractivity contribution in [2.24, 2.45) is 7.05 Å². The lowest BCUT2D eigenvalue weighted by Crippen LogP contribution is -2.39. The lowest BCUT2D eigenvalue weighted by atomic mass is 9.64. The van der Waals surface area contributed by atoms with Crippen LogP contribution in [-0.4, -0.2) is 23.8 Å². The van der Waals surface area contributed by atoms with Gasteiger partial charge in [-0.3, -0.25) is 9.52 Å². The third-order valence-electron chi connectivity index (χ3n) is 6.53. The van der Waals surface area contributed by atoms with Crippen LogP contribution >= 0.6 is 11.6 Å². The molecule has 0 aliphatic heterocycles. The first-order valence-electron chi connectivity index (χ1n) is 10.5. The number of aromatic nitrogens is 2. The van der Waals surface area contributed by atoms with Crippen molar-refractivity contribution in [1.82, 2.24) is 9.55 Å². The zero-order valence-electron chi connectivity index (χ0n) is 17.8. The molecule has 0 atom stereocenters. The highest BCUT2D eigenvalue weighted by Gasteiger charge is 2.51. The van der Waals surface area contributed by atoms with E-state index < -0.39 is 26.2 Å². The molecule has 33 heavy (non-hydrogen) atoms. The van der Waals surface area contributed by atoms with Crippen molar-refractivity contribution < 1.29 is 22.3 Å². The van der Waals surface area contributed by atoms with Crippen LogP contribution in [0.1, 0.15) is 36.1 Å². The maximum atomic E-state index is 14.3. The van der Waals surface area contributed by atoms with Crippen molar-refractivity contribution in [1.29, 1.82) is 0 Å². The molecule has 0 bridgehead atoms. The number of benzene rings is 2. The molecule has 7 nitrogen and oxygen atoms in total. The summed E-state index contributed by atoms with van der Waals surface area (Å²) in [4.78, 5) is 16.5. The third kappa shape index (κ3) is 3.69. The van der Waals surface area contributed by atoms with Crippen LogP contribution < -0.4 is 9.46 Å². The van der Waals surface area contributed by atoms with Crippen LogP contribution in [-0.2, 0) is 40.3 Å². The SMILES string of the molecule is Cn1cncc1COc1cc(NS(=O)(=O)c2ccc(Cl)cc2F)cc2c1CC(=O)C21CCC1. The number of fused-ring (bicyclic) bond motifs is 2. The Kier molecular flexibility index (Phi) is 5.21. The maximum Gasteiger partial charge on any atom is 0.264 e. The molecule has 0 radical (unpaired) electrons. The number of carbonyl (C=O) groups is 1. The molecule has 2 aromatic carbocycles. The number of anilines is 1. The molecule has 3 aromatic rings. The van der Waals surface area contributed by atoms with Crippen molar-refractivity contribution >= 4 is 33.1 Å². The Morgan fingerprint density at radius 3 is 2.70 bits per heavy atom. The summed E-state index contributed by atoms with van der Waals surface area (Å²) in [5.41, 5.74) is 2.01. The second-order valence-corrected chi connectivity index (χ2v) is 10.6. The van der Waals surface area contributed by atoms with Crippen LogP contribution in [0.4, 0.5) is 10.1 Å². The summed E-state index contributed by atoms with van der Waals surface area (Å²) in [5.74, 6) is -0.396. The van der Waals surface area contributed by atoms with Crippen LogP contribution in [0.5, 0.6) is 5.75 Å². The van der Waals surface area contributed by atoms with Gasteiger partial charge in [0.05, 0.1) is 29.3 Å². The predicted octanol–water partition coefficient (Wildman–Crippen LogP) is 4.14. The number of halogens is 2. The molecular weight excluding hydrogens is 469 g/mol. The summed E-state index contributed by atoms with van der Waals surface area (Å²) < 4.78 is 50.5. The first kappa shape index (κ1) is 21.9. The Hall–Kier alpha value is -2.91. The van der Waals surface area contributed by atoms with E-state index in [1.165, 1.54) is 6.07 Å². The molecule has 0 amide bonds. The number of aryl methyl sites for hydroxylation is 1. The lowest BCUT2D eigenvalue weighted by Gasteiger charge is -2.37. The minimum absolute atomic E-state index is 0.0975. The van der Waals surface area contributed by atoms with Crippen LogP contribution in [0, 0.1) is 5.82 Å². The second kappa shape index (κ2) is 7.85. The van der Waals surface area contributed by atoms with Gasteiger partial charge in [0.25, 0.3) is 10.0 Å². The number of Topliss-reactive ketones (excluding diaryl/α,β-unsaturated/α-hetero) is 1. The molecule has 1 saturated carbocycles. The molecular formula is C23H21ClFN3O4S. The molecule has 1 aromatic heterocycles. The highest BCUT2D eigenvalue weighted by atomic mass is 35.5. The number of rotatable bonds is 6. The van der Waals surface area contributed by atoms with Gasteiger partial charge >= 0.3 is 0 Å². The van der Waals surface area contributed by atoms with Crippen LogP contribution in [0.15, 0.2) is 47.8 Å². The number of ketones is 1. The molecule has 1 fully saturated rings. The van der Waals surface area contributed by atoms with E-state index in [9.17, 15) is 17.6 Å². The van der Waals surface area contributed by atoms with E-state index in [4.69, 9.17) is 16.3 Å². The minimum atomic E-state index is -4.24. The summed E-state index contributed by atoms with van der Waals surface area (Å²) in [5, 5.41) is 0.0975. The van der Waals surface area contributed by atoms with E-state index in [0.717, 1.165) is 48.2 Å². The van der Waals surface area contributed by atoms with E-state index in [0.29, 0.717) is 5.75 Å². The van der Waals surface area contributed by atoms with Gasteiger partial charge in [-0.1, -0.05) is 18.0 Å². The Balaban J connectivity index is 1.54. The zero-order valence-corrected chi connectivity index (χ0v) is 19.3. The fourth-order valence-corrected chi connectivity index (χ4v) is 5.84. The highest BCUT2D eigenvalue weighted by molar-refractivity contribution is 7.92. The predicted molar refractivity (Wildman–Crippen MR) is 120 cm³/mol. The number of ether oxygens (including phenoxy) is 1. The number of imidazole rings is 1. The fourth-order valence-electron chi connectivity index (χ4n) is 4.58. The topological polar surface area (TPSA) is 90.3 Å². The van der Waals surface area contributed by atoms with E-state index in [1.807, 2.05) is 11.6 Å². The van der Waals surface area contributed by atoms with E-state index in [-0.39, 0.29) is 29.5 Å². The normalized spacial score (nSPS) is 16.5. The molecule has 2 aliphatic carbocycles. The average molecular weight is 490 g/mol. The van der Waals surface area contributed by atoms with Crippen LogP contribution in [0.2, 0.25) is 5.02 Å². The van der Waals surface area contributed by atoms with Gasteiger partial charge in [0.15, 0.2) is 0 Å². The Morgan fingerprint density at radius 1 is 1.27 bits per heavy atom. The largest absolute Gasteiger partial charge is 0.487 e. The summed E-state index contributed by atoms with van der Waals surface area (Å²) in [7, 11) is -2.40. The van der Waals surface area contributed by atoms with E-state index in [1.54, 1.807) is 24.7 Å². The van der Waals surface area contributed by atoms with Crippen molar-refractivity contribution in [2.75, 3.05) is 4.72 Å². The molecule has 2 aliphatic rings. The number of hydrogen-bond donors (Lipinski definition) is 1. The monoisotopic (exact) mass is 489 g/mol. The van der Waals surface area contributed by atoms with Gasteiger partial charge in [-0.25, -0.2) is 17.8 Å². The van der Waals surface area contributed by atoms with Crippen LogP contribution in [0.3, 0.4) is 0 Å². The fraction of sp³-hybridized carbons (Fsp3) is 0.304. The molecule has 1 N–H and O–H groups in total. The first-order chi connectivity index (χ1) is 15.7. The summed E-state index contributed by atoms with van der Waals surface area (Å²) >= 11 is 5.76. The number of sulfonamides is 1. The van der Waals surface area contributed by atoms with Crippen molar-refractivity contribution in [3.05, 3.63) is 70.5 Å². The van der Waals surface area contributed by atoms with Gasteiger partial charge in [0.1, 0.15) is 28.9 Å². The number of hydrogen-bond acceptors (Lipinski definition) is 5. The molecule has 5 rings (SSSR count). The van der Waals surface area contributed by atoms with E-state index in [2.05, 4.69) is 9.71 Å². The van der Waals surface area contributed by atoms with Crippen molar-refractivity contribution in [3.8, 4) is 5.75 Å². The highest BCUT2D eigenvalue weighted by Crippen LogP contribution is 2.53. The van der Waals surface area contributed by atoms with Crippen molar-refractivity contribution in [2.45, 2.75) is 42.6 Å². The summed E-state index contributed by atoms with van der Waals surface area (Å²) in [6.07, 6.45) is 5.96. The standard InChI is InChI=1S/C23H21ClFN3O4S/c1-28-13-26-11-16(28)12-32-20-9-15(8-18-17(20)10-22(29)23(18)5-2-6-23)27-33(30,31)21-4-3-14(24)7-19(21)25/h3-4,7-9,11,13,27H,2,5-6,10,12H2,1H3. The Bertz CT molecular complexity index is 1380. The zero-order chi connectivity index (χ0) is 23.4. The minimum Gasteiger partial charge on any atom is -0.487 e.